The van der Waals surface area contributed by atoms with Crippen molar-refractivity contribution < 1.29 is 14.7 Å². The van der Waals surface area contributed by atoms with Crippen LogP contribution in [0.1, 0.15) is 13.3 Å². The first-order chi connectivity index (χ1) is 6.61. The first-order valence-electron chi connectivity index (χ1n) is 4.47. The molecular weight excluding hydrogens is 184 g/mol. The van der Waals surface area contributed by atoms with Crippen molar-refractivity contribution >= 4 is 12.0 Å². The van der Waals surface area contributed by atoms with Gasteiger partial charge < -0.3 is 15.3 Å². The van der Waals surface area contributed by atoms with Crippen molar-refractivity contribution in [2.75, 3.05) is 19.6 Å². The number of hydrogen-bond donors (Lipinski definition) is 2. The summed E-state index contributed by atoms with van der Waals surface area (Å²) in [5, 5.41) is 11.1. The molecule has 0 aromatic rings. The second-order valence-electron chi connectivity index (χ2n) is 2.79. The lowest BCUT2D eigenvalue weighted by Crippen LogP contribution is -2.43. The summed E-state index contributed by atoms with van der Waals surface area (Å²) in [6.07, 6.45) is 2.28. The van der Waals surface area contributed by atoms with E-state index in [1.807, 2.05) is 6.92 Å². The Kier molecular flexibility index (Phi) is 6.19. The summed E-state index contributed by atoms with van der Waals surface area (Å²) in [4.78, 5) is 23.0. The van der Waals surface area contributed by atoms with Gasteiger partial charge in [0.05, 0.1) is 0 Å². The molecule has 0 saturated heterocycles. The molecule has 14 heavy (non-hydrogen) atoms. The Bertz CT molecular complexity index is 216. The maximum atomic E-state index is 11.3. The van der Waals surface area contributed by atoms with E-state index >= 15 is 0 Å². The summed E-state index contributed by atoms with van der Waals surface area (Å²) >= 11 is 0. The Balaban J connectivity index is 4.09. The van der Waals surface area contributed by atoms with Crippen LogP contribution in [0.3, 0.4) is 0 Å². The van der Waals surface area contributed by atoms with E-state index in [4.69, 9.17) is 5.11 Å². The van der Waals surface area contributed by atoms with Crippen molar-refractivity contribution in [2.45, 2.75) is 13.3 Å². The lowest BCUT2D eigenvalue weighted by Gasteiger charge is -2.19. The number of carbonyl (C=O) groups is 2. The molecule has 2 N–H and O–H groups in total. The van der Waals surface area contributed by atoms with Crippen molar-refractivity contribution in [1.82, 2.24) is 10.2 Å². The smallest absolute Gasteiger partial charge is 0.323 e. The number of amides is 2. The van der Waals surface area contributed by atoms with E-state index in [0.717, 1.165) is 6.42 Å². The van der Waals surface area contributed by atoms with Gasteiger partial charge in [0, 0.05) is 13.1 Å². The second kappa shape index (κ2) is 6.94. The highest BCUT2D eigenvalue weighted by Gasteiger charge is 2.14. The summed E-state index contributed by atoms with van der Waals surface area (Å²) in [6, 6.07) is -0.367. The maximum absolute atomic E-state index is 11.3. The van der Waals surface area contributed by atoms with Gasteiger partial charge in [0.15, 0.2) is 0 Å². The van der Waals surface area contributed by atoms with Crippen LogP contribution in [0.5, 0.6) is 0 Å². The second-order valence-corrected chi connectivity index (χ2v) is 2.79. The van der Waals surface area contributed by atoms with Gasteiger partial charge in [0.2, 0.25) is 0 Å². The summed E-state index contributed by atoms with van der Waals surface area (Å²) in [5.41, 5.74) is 0. The van der Waals surface area contributed by atoms with Gasteiger partial charge in [-0.25, -0.2) is 4.79 Å². The van der Waals surface area contributed by atoms with Crippen LogP contribution in [-0.4, -0.2) is 41.6 Å². The van der Waals surface area contributed by atoms with Crippen molar-refractivity contribution in [3.8, 4) is 0 Å². The summed E-state index contributed by atoms with van der Waals surface area (Å²) in [6.45, 7) is 5.85. The predicted molar refractivity (Wildman–Crippen MR) is 53.1 cm³/mol. The van der Waals surface area contributed by atoms with Crippen LogP contribution in [0, 0.1) is 0 Å². The van der Waals surface area contributed by atoms with Gasteiger partial charge in [-0.3, -0.25) is 4.79 Å². The number of aliphatic carboxylic acids is 1. The van der Waals surface area contributed by atoms with E-state index in [1.54, 1.807) is 6.08 Å². The number of hydrogen-bond acceptors (Lipinski definition) is 2. The monoisotopic (exact) mass is 200 g/mol. The molecule has 0 saturated carbocycles. The number of urea groups is 1. The van der Waals surface area contributed by atoms with E-state index in [0.29, 0.717) is 13.1 Å². The molecule has 0 aliphatic carbocycles. The Morgan fingerprint density at radius 2 is 2.21 bits per heavy atom. The molecule has 0 heterocycles. The summed E-state index contributed by atoms with van der Waals surface area (Å²) in [5.74, 6) is -1.01. The van der Waals surface area contributed by atoms with Gasteiger partial charge in [-0.2, -0.15) is 0 Å². The minimum Gasteiger partial charge on any atom is -0.480 e. The number of carbonyl (C=O) groups excluding carboxylic acids is 1. The largest absolute Gasteiger partial charge is 0.480 e. The normalized spacial score (nSPS) is 9.21. The zero-order valence-electron chi connectivity index (χ0n) is 8.32. The Morgan fingerprint density at radius 3 is 2.64 bits per heavy atom. The van der Waals surface area contributed by atoms with Crippen LogP contribution in [-0.2, 0) is 4.79 Å². The fraction of sp³-hybridized carbons (Fsp3) is 0.556. The minimum atomic E-state index is -1.01. The first-order valence-corrected chi connectivity index (χ1v) is 4.47. The third-order valence-electron chi connectivity index (χ3n) is 1.50. The SMILES string of the molecule is C=CCNC(=O)N(CCC)CC(=O)O. The van der Waals surface area contributed by atoms with E-state index in [-0.39, 0.29) is 12.6 Å². The molecule has 0 rings (SSSR count). The van der Waals surface area contributed by atoms with Crippen LogP contribution < -0.4 is 5.32 Å². The highest BCUT2D eigenvalue weighted by atomic mass is 16.4. The number of nitrogens with zero attached hydrogens (tertiary/aromatic N) is 1. The molecule has 5 nitrogen and oxygen atoms in total. The van der Waals surface area contributed by atoms with Crippen LogP contribution >= 0.6 is 0 Å². The standard InChI is InChI=1S/C9H16N2O3/c1-3-5-10-9(14)11(6-4-2)7-8(12)13/h3H,1,4-7H2,2H3,(H,10,14)(H,12,13). The predicted octanol–water partition coefficient (Wildman–Crippen LogP) is 0.679. The molecule has 0 aromatic carbocycles. The molecule has 5 heteroatoms. The van der Waals surface area contributed by atoms with Gasteiger partial charge in [-0.05, 0) is 6.42 Å². The highest BCUT2D eigenvalue weighted by molar-refractivity contribution is 5.80. The fourth-order valence-electron chi connectivity index (χ4n) is 0.957. The molecule has 0 aliphatic rings. The van der Waals surface area contributed by atoms with Gasteiger partial charge in [0.25, 0.3) is 0 Å². The molecule has 2 amide bonds. The highest BCUT2D eigenvalue weighted by Crippen LogP contribution is 1.92. The Labute approximate surface area is 83.4 Å². The Morgan fingerprint density at radius 1 is 1.57 bits per heavy atom. The van der Waals surface area contributed by atoms with Crippen molar-refractivity contribution in [3.05, 3.63) is 12.7 Å². The molecule has 0 unspecified atom stereocenters. The fourth-order valence-corrected chi connectivity index (χ4v) is 0.957. The average Bonchev–Trinajstić information content (AvgIpc) is 2.13. The minimum absolute atomic E-state index is 0.267. The molecule has 0 spiro atoms. The molecule has 0 aromatic heterocycles. The van der Waals surface area contributed by atoms with Gasteiger partial charge in [-0.15, -0.1) is 6.58 Å². The van der Waals surface area contributed by atoms with E-state index in [1.165, 1.54) is 4.90 Å². The van der Waals surface area contributed by atoms with Crippen molar-refractivity contribution in [1.29, 1.82) is 0 Å². The summed E-state index contributed by atoms with van der Waals surface area (Å²) < 4.78 is 0. The zero-order chi connectivity index (χ0) is 11.0. The molecular formula is C9H16N2O3. The van der Waals surface area contributed by atoms with Gasteiger partial charge in [-0.1, -0.05) is 13.0 Å². The van der Waals surface area contributed by atoms with Crippen LogP contribution in [0.2, 0.25) is 0 Å². The van der Waals surface area contributed by atoms with Crippen molar-refractivity contribution in [2.24, 2.45) is 0 Å². The Hall–Kier alpha value is -1.52. The summed E-state index contributed by atoms with van der Waals surface area (Å²) in [7, 11) is 0. The molecule has 0 fully saturated rings. The van der Waals surface area contributed by atoms with E-state index in [9.17, 15) is 9.59 Å². The quantitative estimate of drug-likeness (QED) is 0.619. The molecule has 0 radical (unpaired) electrons. The molecule has 0 bridgehead atoms. The average molecular weight is 200 g/mol. The zero-order valence-corrected chi connectivity index (χ0v) is 8.32. The number of carboxylic acids is 1. The van der Waals surface area contributed by atoms with E-state index < -0.39 is 5.97 Å². The van der Waals surface area contributed by atoms with E-state index in [2.05, 4.69) is 11.9 Å². The lowest BCUT2D eigenvalue weighted by molar-refractivity contribution is -0.137. The first kappa shape index (κ1) is 12.5. The van der Waals surface area contributed by atoms with Crippen LogP contribution in [0.4, 0.5) is 4.79 Å². The van der Waals surface area contributed by atoms with Crippen LogP contribution in [0.15, 0.2) is 12.7 Å². The lowest BCUT2D eigenvalue weighted by atomic mass is 10.4. The number of nitrogens with one attached hydrogen (secondary N) is 1. The topological polar surface area (TPSA) is 69.6 Å². The van der Waals surface area contributed by atoms with Gasteiger partial charge >= 0.3 is 12.0 Å². The van der Waals surface area contributed by atoms with Gasteiger partial charge in [0.1, 0.15) is 6.54 Å². The molecule has 0 atom stereocenters. The third kappa shape index (κ3) is 5.18. The number of rotatable bonds is 6. The molecule has 80 valence electrons. The van der Waals surface area contributed by atoms with Crippen molar-refractivity contribution in [3.63, 3.8) is 0 Å². The molecule has 0 aliphatic heterocycles. The maximum Gasteiger partial charge on any atom is 0.323 e. The van der Waals surface area contributed by atoms with Crippen LogP contribution in [0.25, 0.3) is 0 Å². The third-order valence-corrected chi connectivity index (χ3v) is 1.50. The number of carboxylic acid groups (broad SMARTS) is 1.